The van der Waals surface area contributed by atoms with E-state index in [9.17, 15) is 87.8 Å². The van der Waals surface area contributed by atoms with Gasteiger partial charge in [-0.2, -0.15) is 0 Å². The second-order valence-corrected chi connectivity index (χ2v) is 7.93. The van der Waals surface area contributed by atoms with Crippen LogP contribution in [0.5, 0.6) is 0 Å². The molecule has 0 unspecified atom stereocenters. The Bertz CT molecular complexity index is 1200. The Kier molecular flexibility index (Phi) is 15.9. The molecule has 49 heavy (non-hydrogen) atoms. The summed E-state index contributed by atoms with van der Waals surface area (Å²) in [5.74, 6) is -41.2. The van der Waals surface area contributed by atoms with E-state index in [0.29, 0.717) is 0 Å². The van der Waals surface area contributed by atoms with Crippen LogP contribution in [0.3, 0.4) is 0 Å². The standard InChI is InChI=1S/4C6BF5.H3N/c4*7-1-2(8)4(10)6(12)5(11)3(1)9;/h;;;;1H3. The van der Waals surface area contributed by atoms with E-state index in [1.54, 1.807) is 0 Å². The first kappa shape index (κ1) is 44.7. The molecule has 8 radical (unpaired) electrons. The Labute approximate surface area is 264 Å². The van der Waals surface area contributed by atoms with Gasteiger partial charge >= 0.3 is 0 Å². The Morgan fingerprint density at radius 3 is 0.306 bits per heavy atom. The molecule has 4 aromatic carbocycles. The normalized spacial score (nSPS) is 10.2. The van der Waals surface area contributed by atoms with Crippen LogP contribution in [0, 0.1) is 116 Å². The van der Waals surface area contributed by atoms with Crippen molar-refractivity contribution in [1.82, 2.24) is 6.15 Å². The van der Waals surface area contributed by atoms with E-state index in [1.807, 2.05) is 0 Å². The van der Waals surface area contributed by atoms with Gasteiger partial charge in [0.1, 0.15) is 31.4 Å². The third-order valence-corrected chi connectivity index (χ3v) is 4.98. The van der Waals surface area contributed by atoms with Crippen LogP contribution in [0.4, 0.5) is 87.8 Å². The summed E-state index contributed by atoms with van der Waals surface area (Å²) in [6.45, 7) is 0. The molecule has 4 aromatic rings. The summed E-state index contributed by atoms with van der Waals surface area (Å²) in [6, 6.07) is 0. The molecule has 0 aromatic heterocycles. The van der Waals surface area contributed by atoms with Gasteiger partial charge in [-0.3, -0.25) is 0 Å². The quantitative estimate of drug-likeness (QED) is 0.120. The second kappa shape index (κ2) is 17.4. The molecule has 3 N–H and O–H groups in total. The van der Waals surface area contributed by atoms with Crippen molar-refractivity contribution in [2.75, 3.05) is 0 Å². The highest BCUT2D eigenvalue weighted by molar-refractivity contribution is 6.33. The van der Waals surface area contributed by atoms with Crippen molar-refractivity contribution in [2.45, 2.75) is 0 Å². The second-order valence-electron chi connectivity index (χ2n) is 7.93. The molecule has 0 aliphatic carbocycles. The predicted molar refractivity (Wildman–Crippen MR) is 132 cm³/mol. The Hall–Kier alpha value is -4.30. The third-order valence-electron chi connectivity index (χ3n) is 4.98. The maximum absolute atomic E-state index is 12.3. The summed E-state index contributed by atoms with van der Waals surface area (Å²) in [5.41, 5.74) is -5.48. The molecule has 0 aliphatic rings. The van der Waals surface area contributed by atoms with Gasteiger partial charge in [0.05, 0.1) is 0 Å². The van der Waals surface area contributed by atoms with Crippen LogP contribution in [-0.2, 0) is 0 Å². The van der Waals surface area contributed by atoms with E-state index in [4.69, 9.17) is 0 Å². The molecule has 0 spiro atoms. The van der Waals surface area contributed by atoms with E-state index in [0.717, 1.165) is 0 Å². The molecule has 0 atom stereocenters. The van der Waals surface area contributed by atoms with E-state index in [-0.39, 0.29) is 6.15 Å². The number of rotatable bonds is 0. The van der Waals surface area contributed by atoms with Crippen LogP contribution in [-0.4, -0.2) is 31.4 Å². The summed E-state index contributed by atoms with van der Waals surface area (Å²) in [4.78, 5) is 0. The Morgan fingerprint density at radius 1 is 0.163 bits per heavy atom. The van der Waals surface area contributed by atoms with Crippen molar-refractivity contribution in [1.29, 1.82) is 0 Å². The van der Waals surface area contributed by atoms with Crippen molar-refractivity contribution in [3.63, 3.8) is 0 Å². The van der Waals surface area contributed by atoms with Crippen molar-refractivity contribution >= 4 is 53.2 Å². The molecule has 0 aliphatic heterocycles. The van der Waals surface area contributed by atoms with Crippen LogP contribution in [0.15, 0.2) is 0 Å². The molecular formula is C24H3B4F20N. The molecule has 0 saturated carbocycles. The maximum Gasteiger partial charge on any atom is 0.200 e. The lowest BCUT2D eigenvalue weighted by Gasteiger charge is -2.02. The number of halogens is 20. The van der Waals surface area contributed by atoms with E-state index >= 15 is 0 Å². The van der Waals surface area contributed by atoms with Gasteiger partial charge < -0.3 is 6.15 Å². The third kappa shape index (κ3) is 9.04. The first-order valence-corrected chi connectivity index (χ1v) is 10.9. The maximum atomic E-state index is 12.3. The summed E-state index contributed by atoms with van der Waals surface area (Å²) in [6.07, 6.45) is 0. The van der Waals surface area contributed by atoms with Gasteiger partial charge in [0.15, 0.2) is 116 Å². The van der Waals surface area contributed by atoms with Gasteiger partial charge in [0.25, 0.3) is 0 Å². The van der Waals surface area contributed by atoms with Crippen molar-refractivity contribution < 1.29 is 87.8 Å². The molecule has 0 heterocycles. The molecule has 0 fully saturated rings. The Balaban J connectivity index is 0.000000623. The molecule has 0 saturated heterocycles. The summed E-state index contributed by atoms with van der Waals surface area (Å²) >= 11 is 0. The number of hydrogen-bond donors (Lipinski definition) is 1. The lowest BCUT2D eigenvalue weighted by Crippen LogP contribution is -2.20. The van der Waals surface area contributed by atoms with Crippen molar-refractivity contribution in [3.05, 3.63) is 116 Å². The fraction of sp³-hybridized carbons (Fsp3) is 0. The minimum atomic E-state index is -2.21. The molecule has 25 heteroatoms. The summed E-state index contributed by atoms with van der Waals surface area (Å²) in [7, 11) is 18.2. The first-order chi connectivity index (χ1) is 21.9. The van der Waals surface area contributed by atoms with Crippen LogP contribution in [0.2, 0.25) is 0 Å². The number of benzene rings is 4. The first-order valence-electron chi connectivity index (χ1n) is 10.9. The molecule has 4 rings (SSSR count). The van der Waals surface area contributed by atoms with E-state index in [1.165, 1.54) is 0 Å². The lowest BCUT2D eigenvalue weighted by molar-refractivity contribution is 0.384. The average Bonchev–Trinajstić information content (AvgIpc) is 3.08. The summed E-state index contributed by atoms with van der Waals surface area (Å²) < 4.78 is 244. The fourth-order valence-corrected chi connectivity index (χ4v) is 2.49. The van der Waals surface area contributed by atoms with Crippen LogP contribution in [0.1, 0.15) is 0 Å². The highest BCUT2D eigenvalue weighted by atomic mass is 19.2. The summed E-state index contributed by atoms with van der Waals surface area (Å²) in [5, 5.41) is 0. The minimum absolute atomic E-state index is 0. The van der Waals surface area contributed by atoms with Gasteiger partial charge in [0.2, 0.25) is 0 Å². The molecule has 0 bridgehead atoms. The van der Waals surface area contributed by atoms with Crippen LogP contribution in [0.25, 0.3) is 0 Å². The largest absolute Gasteiger partial charge is 0.344 e. The molecule has 0 amide bonds. The highest BCUT2D eigenvalue weighted by Gasteiger charge is 2.25. The van der Waals surface area contributed by atoms with Crippen LogP contribution < -0.4 is 28.0 Å². The smallest absolute Gasteiger partial charge is 0.200 e. The average molecular weight is 729 g/mol. The Morgan fingerprint density at radius 2 is 0.224 bits per heavy atom. The zero-order valence-electron chi connectivity index (χ0n) is 22.6. The zero-order valence-corrected chi connectivity index (χ0v) is 22.6. The monoisotopic (exact) mass is 729 g/mol. The number of hydrogen-bond acceptors (Lipinski definition) is 1. The van der Waals surface area contributed by atoms with E-state index < -0.39 is 138 Å². The highest BCUT2D eigenvalue weighted by Crippen LogP contribution is 2.17. The van der Waals surface area contributed by atoms with Gasteiger partial charge in [-0.1, -0.05) is 0 Å². The fourth-order valence-electron chi connectivity index (χ4n) is 2.49. The van der Waals surface area contributed by atoms with Crippen molar-refractivity contribution in [3.8, 4) is 0 Å². The van der Waals surface area contributed by atoms with Gasteiger partial charge in [0, 0.05) is 0 Å². The predicted octanol–water partition coefficient (Wildman–Crippen LogP) is 4.87. The molecule has 256 valence electrons. The van der Waals surface area contributed by atoms with Gasteiger partial charge in [-0.15, -0.1) is 0 Å². The van der Waals surface area contributed by atoms with Gasteiger partial charge in [-0.05, 0) is 21.9 Å². The SMILES string of the molecule is N.[B]c1c(F)c(F)c(F)c(F)c1F.[B]c1c(F)c(F)c(F)c(F)c1F.[B]c1c(F)c(F)c(F)c(F)c1F.[B]c1c(F)c(F)c(F)c(F)c1F. The lowest BCUT2D eigenvalue weighted by atomic mass is 9.94. The van der Waals surface area contributed by atoms with Crippen LogP contribution >= 0.6 is 0 Å². The molecule has 1 nitrogen and oxygen atoms in total. The zero-order chi connectivity index (χ0) is 37.9. The van der Waals surface area contributed by atoms with E-state index in [2.05, 4.69) is 31.4 Å². The van der Waals surface area contributed by atoms with Crippen molar-refractivity contribution in [2.24, 2.45) is 0 Å². The minimum Gasteiger partial charge on any atom is -0.344 e. The topological polar surface area (TPSA) is 35.0 Å². The van der Waals surface area contributed by atoms with Gasteiger partial charge in [-0.25, -0.2) is 87.8 Å². The molecular weight excluding hydrogens is 725 g/mol.